The number of halogens is 1. The average molecular weight is 425 g/mol. The topological polar surface area (TPSA) is 29.3 Å². The van der Waals surface area contributed by atoms with Crippen LogP contribution in [-0.2, 0) is 5.54 Å². The van der Waals surface area contributed by atoms with Gasteiger partial charge in [-0.3, -0.25) is 4.90 Å². The molecule has 29 heavy (non-hydrogen) atoms. The quantitative estimate of drug-likeness (QED) is 0.202. The Balaban J connectivity index is 0.00000784. The molecule has 0 fully saturated rings. The molecule has 0 aliphatic rings. The number of hydrogen-bond donors (Lipinski definition) is 1. The van der Waals surface area contributed by atoms with Gasteiger partial charge in [0.15, 0.2) is 0 Å². The number of benzene rings is 1. The molecule has 1 aromatic rings. The fourth-order valence-corrected chi connectivity index (χ4v) is 4.22. The molecule has 0 bridgehead atoms. The van der Waals surface area contributed by atoms with E-state index in [0.29, 0.717) is 0 Å². The van der Waals surface area contributed by atoms with Crippen LogP contribution in [0.1, 0.15) is 117 Å². The first-order chi connectivity index (χ1) is 13.5. The molecule has 1 atom stereocenters. The van der Waals surface area contributed by atoms with Crippen molar-refractivity contribution in [1.82, 2.24) is 4.90 Å². The van der Waals surface area contributed by atoms with Gasteiger partial charge in [0.25, 0.3) is 0 Å². The zero-order chi connectivity index (χ0) is 20.7. The predicted molar refractivity (Wildman–Crippen MR) is 133 cm³/mol. The summed E-state index contributed by atoms with van der Waals surface area (Å²) >= 11 is 0. The minimum Gasteiger partial charge on any atom is -0.316 e. The minimum atomic E-state index is -0.0194. The van der Waals surface area contributed by atoms with E-state index in [-0.39, 0.29) is 24.1 Å². The molecule has 0 saturated carbocycles. The standard InChI is InChI=1S/C26H48N2.ClH/c1-5-7-8-9-10-11-12-13-14-15-16-20-23-28(25(27)6-2)26(3,4)24-21-18-17-19-22-24;/h17-19,21-22,25H,5-16,20,23,27H2,1-4H3;1H. The predicted octanol–water partition coefficient (Wildman–Crippen LogP) is 8.04. The number of unbranched alkanes of at least 4 members (excludes halogenated alkanes) is 11. The van der Waals surface area contributed by atoms with Gasteiger partial charge >= 0.3 is 0 Å². The van der Waals surface area contributed by atoms with E-state index in [1.165, 1.54) is 82.6 Å². The van der Waals surface area contributed by atoms with Crippen LogP contribution in [-0.4, -0.2) is 17.6 Å². The number of nitrogens with two attached hydrogens (primary N) is 1. The maximum absolute atomic E-state index is 6.51. The number of nitrogens with zero attached hydrogens (tertiary/aromatic N) is 1. The summed E-state index contributed by atoms with van der Waals surface area (Å²) in [5, 5.41) is 0. The fourth-order valence-electron chi connectivity index (χ4n) is 4.22. The molecule has 2 N–H and O–H groups in total. The van der Waals surface area contributed by atoms with Crippen LogP contribution in [0.3, 0.4) is 0 Å². The van der Waals surface area contributed by atoms with Gasteiger partial charge in [-0.05, 0) is 32.3 Å². The highest BCUT2D eigenvalue weighted by Crippen LogP contribution is 2.29. The first-order valence-corrected chi connectivity index (χ1v) is 12.1. The van der Waals surface area contributed by atoms with Gasteiger partial charge in [0.05, 0.1) is 6.17 Å². The normalized spacial score (nSPS) is 12.8. The largest absolute Gasteiger partial charge is 0.316 e. The second kappa shape index (κ2) is 17.1. The second-order valence-electron chi connectivity index (χ2n) is 8.98. The first kappa shape index (κ1) is 28.4. The molecule has 0 spiro atoms. The van der Waals surface area contributed by atoms with Gasteiger partial charge in [-0.15, -0.1) is 12.4 Å². The lowest BCUT2D eigenvalue weighted by Gasteiger charge is -2.42. The van der Waals surface area contributed by atoms with E-state index in [0.717, 1.165) is 13.0 Å². The third kappa shape index (κ3) is 11.4. The molecule has 0 aliphatic carbocycles. The lowest BCUT2D eigenvalue weighted by molar-refractivity contribution is 0.0640. The van der Waals surface area contributed by atoms with Gasteiger partial charge in [0.1, 0.15) is 0 Å². The Morgan fingerprint density at radius 3 is 1.66 bits per heavy atom. The van der Waals surface area contributed by atoms with Crippen LogP contribution < -0.4 is 5.73 Å². The highest BCUT2D eigenvalue weighted by atomic mass is 35.5. The van der Waals surface area contributed by atoms with Gasteiger partial charge in [-0.2, -0.15) is 0 Å². The van der Waals surface area contributed by atoms with Gasteiger partial charge in [-0.25, -0.2) is 0 Å². The summed E-state index contributed by atoms with van der Waals surface area (Å²) in [6.07, 6.45) is 17.8. The van der Waals surface area contributed by atoms with Crippen LogP contribution >= 0.6 is 12.4 Å². The smallest absolute Gasteiger partial charge is 0.0576 e. The maximum atomic E-state index is 6.51. The highest BCUT2D eigenvalue weighted by Gasteiger charge is 2.31. The molecule has 0 heterocycles. The van der Waals surface area contributed by atoms with E-state index in [1.54, 1.807) is 0 Å². The third-order valence-corrected chi connectivity index (χ3v) is 6.27. The van der Waals surface area contributed by atoms with Crippen LogP contribution in [0.4, 0.5) is 0 Å². The van der Waals surface area contributed by atoms with Crippen molar-refractivity contribution >= 4 is 12.4 Å². The lowest BCUT2D eigenvalue weighted by atomic mass is 9.91. The Hall–Kier alpha value is -0.570. The van der Waals surface area contributed by atoms with E-state index in [2.05, 4.69) is 62.9 Å². The zero-order valence-electron chi connectivity index (χ0n) is 19.8. The summed E-state index contributed by atoms with van der Waals surface area (Å²) in [6, 6.07) is 10.8. The van der Waals surface area contributed by atoms with Crippen LogP contribution in [0, 0.1) is 0 Å². The van der Waals surface area contributed by atoms with Crippen LogP contribution in [0.25, 0.3) is 0 Å². The molecule has 0 aliphatic heterocycles. The van der Waals surface area contributed by atoms with Crippen molar-refractivity contribution in [3.63, 3.8) is 0 Å². The molecule has 3 heteroatoms. The summed E-state index contributed by atoms with van der Waals surface area (Å²) in [4.78, 5) is 2.51. The molecule has 0 radical (unpaired) electrons. The van der Waals surface area contributed by atoms with E-state index in [9.17, 15) is 0 Å². The van der Waals surface area contributed by atoms with E-state index < -0.39 is 0 Å². The molecule has 2 nitrogen and oxygen atoms in total. The summed E-state index contributed by atoms with van der Waals surface area (Å²) in [6.45, 7) is 10.2. The van der Waals surface area contributed by atoms with Crippen LogP contribution in [0.2, 0.25) is 0 Å². The van der Waals surface area contributed by atoms with Gasteiger partial charge in [0, 0.05) is 12.1 Å². The van der Waals surface area contributed by atoms with E-state index in [1.807, 2.05) is 0 Å². The molecule has 0 aromatic heterocycles. The number of hydrogen-bond acceptors (Lipinski definition) is 2. The monoisotopic (exact) mass is 424 g/mol. The molecule has 0 amide bonds. The van der Waals surface area contributed by atoms with Gasteiger partial charge < -0.3 is 5.73 Å². The highest BCUT2D eigenvalue weighted by molar-refractivity contribution is 5.85. The Morgan fingerprint density at radius 1 is 0.759 bits per heavy atom. The molecular weight excluding hydrogens is 376 g/mol. The van der Waals surface area contributed by atoms with Crippen LogP contribution in [0.5, 0.6) is 0 Å². The fraction of sp³-hybridized carbons (Fsp3) is 0.769. The van der Waals surface area contributed by atoms with Gasteiger partial charge in [0.2, 0.25) is 0 Å². The van der Waals surface area contributed by atoms with Crippen molar-refractivity contribution in [3.8, 4) is 0 Å². The Bertz CT molecular complexity index is 475. The van der Waals surface area contributed by atoms with Gasteiger partial charge in [-0.1, -0.05) is 115 Å². The summed E-state index contributed by atoms with van der Waals surface area (Å²) in [5.74, 6) is 0. The summed E-state index contributed by atoms with van der Waals surface area (Å²) in [7, 11) is 0. The van der Waals surface area contributed by atoms with Crippen molar-refractivity contribution in [3.05, 3.63) is 35.9 Å². The van der Waals surface area contributed by atoms with Crippen molar-refractivity contribution in [2.75, 3.05) is 6.54 Å². The molecule has 1 rings (SSSR count). The minimum absolute atomic E-state index is 0. The maximum Gasteiger partial charge on any atom is 0.0576 e. The van der Waals surface area contributed by atoms with Crippen molar-refractivity contribution in [1.29, 1.82) is 0 Å². The van der Waals surface area contributed by atoms with Crippen molar-refractivity contribution in [2.45, 2.75) is 123 Å². The molecule has 1 unspecified atom stereocenters. The Kier molecular flexibility index (Phi) is 16.8. The molecular formula is C26H49ClN2. The Labute approximate surface area is 188 Å². The molecule has 170 valence electrons. The van der Waals surface area contributed by atoms with E-state index in [4.69, 9.17) is 5.73 Å². The lowest BCUT2D eigenvalue weighted by Crippen LogP contribution is -2.52. The van der Waals surface area contributed by atoms with E-state index >= 15 is 0 Å². The Morgan fingerprint density at radius 2 is 1.21 bits per heavy atom. The van der Waals surface area contributed by atoms with Crippen molar-refractivity contribution in [2.24, 2.45) is 5.73 Å². The molecule has 0 saturated heterocycles. The third-order valence-electron chi connectivity index (χ3n) is 6.27. The average Bonchev–Trinajstić information content (AvgIpc) is 2.71. The summed E-state index contributed by atoms with van der Waals surface area (Å²) < 4.78 is 0. The SMILES string of the molecule is CCCCCCCCCCCCCCN(C(N)CC)C(C)(C)c1ccccc1.Cl. The second-order valence-corrected chi connectivity index (χ2v) is 8.98. The van der Waals surface area contributed by atoms with Crippen LogP contribution in [0.15, 0.2) is 30.3 Å². The van der Waals surface area contributed by atoms with Crippen molar-refractivity contribution < 1.29 is 0 Å². The molecule has 1 aromatic carbocycles. The number of rotatable bonds is 17. The first-order valence-electron chi connectivity index (χ1n) is 12.1. The zero-order valence-corrected chi connectivity index (χ0v) is 20.6. The summed E-state index contributed by atoms with van der Waals surface area (Å²) in [5.41, 5.74) is 7.85.